The summed E-state index contributed by atoms with van der Waals surface area (Å²) in [4.78, 5) is 12.1. The van der Waals surface area contributed by atoms with Crippen LogP contribution in [0.5, 0.6) is 0 Å². The number of benzene rings is 1. The minimum Gasteiger partial charge on any atom is -0.381 e. The van der Waals surface area contributed by atoms with Gasteiger partial charge in [-0.15, -0.1) is 0 Å². The fraction of sp³-hybridized carbons (Fsp3) is 0.500. The van der Waals surface area contributed by atoms with Crippen molar-refractivity contribution in [2.24, 2.45) is 10.6 Å². The Balaban J connectivity index is 2.05. The van der Waals surface area contributed by atoms with Gasteiger partial charge in [0.2, 0.25) is 10.0 Å². The molecule has 0 heterocycles. The van der Waals surface area contributed by atoms with Gasteiger partial charge in [0.25, 0.3) is 5.91 Å². The Morgan fingerprint density at radius 1 is 1.33 bits per heavy atom. The summed E-state index contributed by atoms with van der Waals surface area (Å²) in [6, 6.07) is 5.60. The highest BCUT2D eigenvalue weighted by Crippen LogP contribution is 2.42. The number of methoxy groups -OCH3 is 1. The lowest BCUT2D eigenvalue weighted by Gasteiger charge is -2.51. The van der Waals surface area contributed by atoms with Crippen LogP contribution < -0.4 is 10.5 Å². The number of hydrogen-bond donors (Lipinski definition) is 2. The molecule has 2 atom stereocenters. The summed E-state index contributed by atoms with van der Waals surface area (Å²) in [5.41, 5.74) is 0.282. The molecular weight excluding hydrogens is 292 g/mol. The van der Waals surface area contributed by atoms with E-state index in [1.165, 1.54) is 24.3 Å². The van der Waals surface area contributed by atoms with Crippen LogP contribution in [-0.4, -0.2) is 33.6 Å². The number of carbonyl (C=O) groups excluding carboxylic acids is 1. The zero-order valence-corrected chi connectivity index (χ0v) is 13.1. The van der Waals surface area contributed by atoms with Crippen molar-refractivity contribution in [3.05, 3.63) is 29.8 Å². The summed E-state index contributed by atoms with van der Waals surface area (Å²) in [5, 5.41) is 7.96. The summed E-state index contributed by atoms with van der Waals surface area (Å²) in [6.07, 6.45) is 0.900. The Morgan fingerprint density at radius 3 is 2.33 bits per heavy atom. The maximum atomic E-state index is 12.2. The molecule has 7 heteroatoms. The molecule has 0 radical (unpaired) electrons. The Hall–Kier alpha value is -1.44. The molecule has 1 fully saturated rings. The first kappa shape index (κ1) is 15.9. The SMILES string of the molecule is COC1CC(NC(=O)c2ccc(S(N)(=O)=O)cc2)C1(C)C. The third kappa shape index (κ3) is 3.09. The molecule has 0 bridgehead atoms. The number of sulfonamides is 1. The minimum atomic E-state index is -3.74. The van der Waals surface area contributed by atoms with Crippen LogP contribution in [0.2, 0.25) is 0 Å². The molecule has 1 aromatic carbocycles. The van der Waals surface area contributed by atoms with Gasteiger partial charge < -0.3 is 10.1 Å². The van der Waals surface area contributed by atoms with Gasteiger partial charge in [-0.25, -0.2) is 13.6 Å². The van der Waals surface area contributed by atoms with Crippen LogP contribution in [0.15, 0.2) is 29.2 Å². The van der Waals surface area contributed by atoms with Crippen molar-refractivity contribution in [1.82, 2.24) is 5.32 Å². The maximum Gasteiger partial charge on any atom is 0.251 e. The zero-order valence-electron chi connectivity index (χ0n) is 12.3. The molecule has 0 aromatic heterocycles. The normalized spacial score (nSPS) is 24.2. The molecule has 1 saturated carbocycles. The summed E-state index contributed by atoms with van der Waals surface area (Å²) >= 11 is 0. The molecule has 6 nitrogen and oxygen atoms in total. The van der Waals surface area contributed by atoms with Gasteiger partial charge in [-0.3, -0.25) is 4.79 Å². The number of ether oxygens (including phenoxy) is 1. The van der Waals surface area contributed by atoms with Crippen LogP contribution in [0.4, 0.5) is 0 Å². The van der Waals surface area contributed by atoms with E-state index in [4.69, 9.17) is 9.88 Å². The fourth-order valence-corrected chi connectivity index (χ4v) is 3.08. The van der Waals surface area contributed by atoms with E-state index in [-0.39, 0.29) is 28.4 Å². The lowest BCUT2D eigenvalue weighted by molar-refractivity contribution is -0.0942. The standard InChI is InChI=1S/C14H20N2O4S/c1-14(2)11(8-12(14)20-3)16-13(17)9-4-6-10(7-5-9)21(15,18)19/h4-7,11-12H,8H2,1-3H3,(H,16,17)(H2,15,18,19). The van der Waals surface area contributed by atoms with E-state index < -0.39 is 10.0 Å². The van der Waals surface area contributed by atoms with Gasteiger partial charge in [-0.1, -0.05) is 13.8 Å². The second kappa shape index (κ2) is 5.40. The highest BCUT2D eigenvalue weighted by atomic mass is 32.2. The van der Waals surface area contributed by atoms with Crippen molar-refractivity contribution in [2.45, 2.75) is 37.3 Å². The van der Waals surface area contributed by atoms with Crippen molar-refractivity contribution in [3.63, 3.8) is 0 Å². The van der Waals surface area contributed by atoms with Crippen LogP contribution in [0, 0.1) is 5.41 Å². The van der Waals surface area contributed by atoms with Crippen molar-refractivity contribution < 1.29 is 17.9 Å². The lowest BCUT2D eigenvalue weighted by Crippen LogP contribution is -2.61. The zero-order chi connectivity index (χ0) is 15.8. The number of amides is 1. The molecule has 1 aliphatic carbocycles. The van der Waals surface area contributed by atoms with Gasteiger partial charge in [-0.05, 0) is 30.7 Å². The lowest BCUT2D eigenvalue weighted by atomic mass is 9.64. The van der Waals surface area contributed by atoms with Crippen LogP contribution in [0.3, 0.4) is 0 Å². The number of nitrogens with one attached hydrogen (secondary N) is 1. The molecular formula is C14H20N2O4S. The first-order valence-electron chi connectivity index (χ1n) is 6.63. The highest BCUT2D eigenvalue weighted by molar-refractivity contribution is 7.89. The third-order valence-corrected chi connectivity index (χ3v) is 5.14. The van der Waals surface area contributed by atoms with Gasteiger partial charge in [0.05, 0.1) is 11.0 Å². The average Bonchev–Trinajstić information content (AvgIpc) is 2.41. The van der Waals surface area contributed by atoms with Gasteiger partial charge in [0.15, 0.2) is 0 Å². The van der Waals surface area contributed by atoms with Crippen molar-refractivity contribution in [1.29, 1.82) is 0 Å². The van der Waals surface area contributed by atoms with E-state index in [1.807, 2.05) is 13.8 Å². The topological polar surface area (TPSA) is 98.5 Å². The van der Waals surface area contributed by atoms with Gasteiger partial charge in [0, 0.05) is 24.1 Å². The number of carbonyl (C=O) groups is 1. The van der Waals surface area contributed by atoms with Crippen LogP contribution >= 0.6 is 0 Å². The first-order chi connectivity index (χ1) is 9.66. The Morgan fingerprint density at radius 2 is 1.90 bits per heavy atom. The molecule has 3 N–H and O–H groups in total. The number of nitrogens with two attached hydrogens (primary N) is 1. The van der Waals surface area contributed by atoms with Gasteiger partial charge in [0.1, 0.15) is 0 Å². The molecule has 1 aromatic rings. The average molecular weight is 312 g/mol. The fourth-order valence-electron chi connectivity index (χ4n) is 2.57. The molecule has 116 valence electrons. The molecule has 0 aliphatic heterocycles. The van der Waals surface area contributed by atoms with Crippen LogP contribution in [0.1, 0.15) is 30.6 Å². The molecule has 2 rings (SSSR count). The van der Waals surface area contributed by atoms with Crippen LogP contribution in [0.25, 0.3) is 0 Å². The maximum absolute atomic E-state index is 12.2. The van der Waals surface area contributed by atoms with E-state index in [9.17, 15) is 13.2 Å². The first-order valence-corrected chi connectivity index (χ1v) is 8.17. The predicted molar refractivity (Wildman–Crippen MR) is 78.3 cm³/mol. The summed E-state index contributed by atoms with van der Waals surface area (Å²) < 4.78 is 27.7. The molecule has 1 aliphatic rings. The number of primary sulfonamides is 1. The highest BCUT2D eigenvalue weighted by Gasteiger charge is 2.49. The second-order valence-electron chi connectivity index (χ2n) is 5.88. The predicted octanol–water partition coefficient (Wildman–Crippen LogP) is 0.877. The van der Waals surface area contributed by atoms with Gasteiger partial charge in [-0.2, -0.15) is 0 Å². The Bertz CT molecular complexity index is 637. The van der Waals surface area contributed by atoms with Crippen molar-refractivity contribution in [2.75, 3.05) is 7.11 Å². The molecule has 0 saturated heterocycles. The second-order valence-corrected chi connectivity index (χ2v) is 7.44. The molecule has 2 unspecified atom stereocenters. The van der Waals surface area contributed by atoms with Gasteiger partial charge >= 0.3 is 0 Å². The van der Waals surface area contributed by atoms with E-state index in [1.54, 1.807) is 7.11 Å². The summed E-state index contributed by atoms with van der Waals surface area (Å²) in [7, 11) is -2.08. The Kier molecular flexibility index (Phi) is 4.10. The van der Waals surface area contributed by atoms with E-state index >= 15 is 0 Å². The molecule has 21 heavy (non-hydrogen) atoms. The van der Waals surface area contributed by atoms with Crippen molar-refractivity contribution in [3.8, 4) is 0 Å². The minimum absolute atomic E-state index is 0.0116. The smallest absolute Gasteiger partial charge is 0.251 e. The molecule has 0 spiro atoms. The van der Waals surface area contributed by atoms with Crippen molar-refractivity contribution >= 4 is 15.9 Å². The van der Waals surface area contributed by atoms with E-state index in [0.29, 0.717) is 5.56 Å². The Labute approximate surface area is 124 Å². The number of hydrogen-bond acceptors (Lipinski definition) is 4. The molecule has 1 amide bonds. The largest absolute Gasteiger partial charge is 0.381 e. The third-order valence-electron chi connectivity index (χ3n) is 4.21. The summed E-state index contributed by atoms with van der Waals surface area (Å²) in [6.45, 7) is 4.08. The summed E-state index contributed by atoms with van der Waals surface area (Å²) in [5.74, 6) is -0.233. The van der Waals surface area contributed by atoms with Crippen LogP contribution in [-0.2, 0) is 14.8 Å². The number of rotatable bonds is 4. The van der Waals surface area contributed by atoms with E-state index in [2.05, 4.69) is 5.32 Å². The monoisotopic (exact) mass is 312 g/mol. The quantitative estimate of drug-likeness (QED) is 0.862. The van der Waals surface area contributed by atoms with E-state index in [0.717, 1.165) is 6.42 Å².